The highest BCUT2D eigenvalue weighted by Crippen LogP contribution is 2.48. The minimum atomic E-state index is 0.245. The molecule has 13 rings (SSSR count). The third kappa shape index (κ3) is 4.29. The summed E-state index contributed by atoms with van der Waals surface area (Å²) in [5, 5.41) is 7.58. The molecular formula is C54H36N4. The molecule has 4 nitrogen and oxygen atoms in total. The van der Waals surface area contributed by atoms with E-state index in [1.54, 1.807) is 0 Å². The quantitative estimate of drug-likeness (QED) is 0.176. The number of hydrogen-bond donors (Lipinski definition) is 0. The summed E-state index contributed by atoms with van der Waals surface area (Å²) >= 11 is 0. The Morgan fingerprint density at radius 3 is 1.34 bits per heavy atom. The molecule has 0 N–H and O–H groups in total. The summed E-state index contributed by atoms with van der Waals surface area (Å²) in [5.74, 6) is 0.339. The number of benzene rings is 8. The molecular weight excluding hydrogens is 705 g/mol. The maximum atomic E-state index is 2.52. The van der Waals surface area contributed by atoms with Gasteiger partial charge in [0.25, 0.3) is 0 Å². The van der Waals surface area contributed by atoms with Gasteiger partial charge in [-0.15, -0.1) is 0 Å². The maximum Gasteiger partial charge on any atom is 0.0629 e. The van der Waals surface area contributed by atoms with Crippen molar-refractivity contribution in [3.05, 3.63) is 212 Å². The molecule has 272 valence electrons. The second-order valence-electron chi connectivity index (χ2n) is 15.7. The average Bonchev–Trinajstić information content (AvgIpc) is 4.01. The topological polar surface area (TPSA) is 18.0 Å². The second kappa shape index (κ2) is 12.0. The Morgan fingerprint density at radius 1 is 0.328 bits per heavy atom. The van der Waals surface area contributed by atoms with E-state index in [1.165, 1.54) is 82.4 Å². The Hall–Kier alpha value is -7.56. The van der Waals surface area contributed by atoms with Crippen molar-refractivity contribution in [2.75, 3.05) is 4.90 Å². The maximum absolute atomic E-state index is 2.52. The number of aromatic nitrogens is 3. The largest absolute Gasteiger partial charge is 0.333 e. The normalized spacial score (nSPS) is 16.1. The van der Waals surface area contributed by atoms with E-state index in [4.69, 9.17) is 0 Å². The molecule has 0 saturated heterocycles. The summed E-state index contributed by atoms with van der Waals surface area (Å²) in [4.78, 5) is 2.52. The summed E-state index contributed by atoms with van der Waals surface area (Å²) < 4.78 is 7.34. The highest BCUT2D eigenvalue weighted by Gasteiger charge is 2.37. The lowest BCUT2D eigenvalue weighted by atomic mass is 9.91. The fraction of sp³-hybridized carbons (Fsp3) is 0.0370. The van der Waals surface area contributed by atoms with E-state index in [0.717, 1.165) is 17.1 Å². The van der Waals surface area contributed by atoms with Crippen molar-refractivity contribution in [1.82, 2.24) is 13.7 Å². The highest BCUT2D eigenvalue weighted by atomic mass is 15.2. The molecule has 0 radical (unpaired) electrons. The molecule has 2 aliphatic rings. The number of hydrogen-bond acceptors (Lipinski definition) is 1. The summed E-state index contributed by atoms with van der Waals surface area (Å²) in [5.41, 5.74) is 14.5. The van der Waals surface area contributed by atoms with Crippen LogP contribution in [-0.4, -0.2) is 19.7 Å². The van der Waals surface area contributed by atoms with Gasteiger partial charge in [-0.05, 0) is 84.4 Å². The average molecular weight is 741 g/mol. The van der Waals surface area contributed by atoms with Gasteiger partial charge >= 0.3 is 0 Å². The van der Waals surface area contributed by atoms with Gasteiger partial charge in [0, 0.05) is 66.7 Å². The molecule has 0 bridgehead atoms. The molecule has 2 unspecified atom stereocenters. The molecule has 58 heavy (non-hydrogen) atoms. The lowest BCUT2D eigenvalue weighted by molar-refractivity contribution is 0.744. The number of fused-ring (bicyclic) bond motifs is 13. The van der Waals surface area contributed by atoms with Crippen molar-refractivity contribution >= 4 is 76.8 Å². The molecule has 2 atom stereocenters. The zero-order valence-electron chi connectivity index (χ0n) is 31.6. The van der Waals surface area contributed by atoms with Gasteiger partial charge in [-0.25, -0.2) is 0 Å². The minimum absolute atomic E-state index is 0.245. The first-order chi connectivity index (χ1) is 28.8. The monoisotopic (exact) mass is 740 g/mol. The van der Waals surface area contributed by atoms with Gasteiger partial charge in [0.1, 0.15) is 0 Å². The van der Waals surface area contributed by atoms with E-state index in [-0.39, 0.29) is 6.04 Å². The first-order valence-electron chi connectivity index (χ1n) is 20.2. The van der Waals surface area contributed by atoms with Crippen LogP contribution in [0.1, 0.15) is 11.5 Å². The van der Waals surface area contributed by atoms with Gasteiger partial charge in [0.15, 0.2) is 0 Å². The molecule has 3 aromatic heterocycles. The molecule has 0 spiro atoms. The molecule has 0 amide bonds. The van der Waals surface area contributed by atoms with Crippen LogP contribution < -0.4 is 4.90 Å². The van der Waals surface area contributed by atoms with Crippen LogP contribution in [0.4, 0.5) is 11.4 Å². The van der Waals surface area contributed by atoms with Crippen molar-refractivity contribution in [3.63, 3.8) is 0 Å². The summed E-state index contributed by atoms with van der Waals surface area (Å²) in [7, 11) is 0. The first-order valence-corrected chi connectivity index (χ1v) is 20.2. The van der Waals surface area contributed by atoms with Gasteiger partial charge in [0.2, 0.25) is 0 Å². The van der Waals surface area contributed by atoms with E-state index in [1.807, 2.05) is 0 Å². The Labute approximate surface area is 335 Å². The first kappa shape index (κ1) is 31.6. The summed E-state index contributed by atoms with van der Waals surface area (Å²) in [6, 6.07) is 67.3. The van der Waals surface area contributed by atoms with Crippen LogP contribution in [0.2, 0.25) is 0 Å². The zero-order valence-corrected chi connectivity index (χ0v) is 31.6. The van der Waals surface area contributed by atoms with Crippen LogP contribution in [0.3, 0.4) is 0 Å². The highest BCUT2D eigenvalue weighted by molar-refractivity contribution is 6.29. The minimum Gasteiger partial charge on any atom is -0.333 e. The predicted octanol–water partition coefficient (Wildman–Crippen LogP) is 13.7. The van der Waals surface area contributed by atoms with Gasteiger partial charge in [-0.3, -0.25) is 0 Å². The van der Waals surface area contributed by atoms with Crippen LogP contribution >= 0.6 is 0 Å². The lowest BCUT2D eigenvalue weighted by Gasteiger charge is -2.29. The van der Waals surface area contributed by atoms with Crippen LogP contribution in [-0.2, 0) is 0 Å². The van der Waals surface area contributed by atoms with Crippen molar-refractivity contribution in [2.45, 2.75) is 12.0 Å². The Kier molecular flexibility index (Phi) is 6.53. The molecule has 11 aromatic rings. The van der Waals surface area contributed by atoms with Gasteiger partial charge < -0.3 is 18.6 Å². The Morgan fingerprint density at radius 2 is 0.759 bits per heavy atom. The van der Waals surface area contributed by atoms with E-state index in [0.29, 0.717) is 5.92 Å². The number of nitrogens with zero attached hydrogens (tertiary/aromatic N) is 4. The van der Waals surface area contributed by atoms with Crippen molar-refractivity contribution in [2.24, 2.45) is 0 Å². The van der Waals surface area contributed by atoms with E-state index >= 15 is 0 Å². The fourth-order valence-corrected chi connectivity index (χ4v) is 10.4. The van der Waals surface area contributed by atoms with Gasteiger partial charge in [0.05, 0.1) is 39.1 Å². The zero-order chi connectivity index (χ0) is 37.9. The molecule has 4 heterocycles. The van der Waals surface area contributed by atoms with Crippen molar-refractivity contribution < 1.29 is 0 Å². The van der Waals surface area contributed by atoms with Crippen LogP contribution in [0, 0.1) is 0 Å². The fourth-order valence-electron chi connectivity index (χ4n) is 10.4. The lowest BCUT2D eigenvalue weighted by Crippen LogP contribution is -2.28. The third-order valence-corrected chi connectivity index (χ3v) is 12.7. The molecule has 1 aliphatic carbocycles. The standard InChI is InChI=1S/C54H36N4/c1-7-25-45-39(19-1)40-20-2-8-26-46(40)55(45)35-15-13-17-37(33-35)57-49-29-11-5-23-43(49)53-51(57)31-32-52-54(53)44-24-6-12-30-50(44)58(52)38-18-14-16-36(34-38)56-47-27-9-3-21-41(47)42-22-4-10-28-48(42)56/h1-34,39,45H. The van der Waals surface area contributed by atoms with Crippen molar-refractivity contribution in [3.8, 4) is 17.1 Å². The van der Waals surface area contributed by atoms with Crippen LogP contribution in [0.5, 0.6) is 0 Å². The SMILES string of the molecule is C1=CC2c3ccccc3N(c3cccc(-n4c5ccccc5c5c6c7ccccc7n(-c7cccc(-n8c9ccccc9c9ccccc98)c7)c6ccc54)c3)C2C=C1. The summed E-state index contributed by atoms with van der Waals surface area (Å²) in [6.45, 7) is 0. The number of rotatable bonds is 4. The molecule has 1 aliphatic heterocycles. The van der Waals surface area contributed by atoms with Gasteiger partial charge in [-0.1, -0.05) is 127 Å². The van der Waals surface area contributed by atoms with Crippen LogP contribution in [0.15, 0.2) is 206 Å². The van der Waals surface area contributed by atoms with E-state index in [2.05, 4.69) is 225 Å². The number of anilines is 2. The Balaban J connectivity index is 1.03. The number of allylic oxidation sites excluding steroid dienone is 2. The van der Waals surface area contributed by atoms with Gasteiger partial charge in [-0.2, -0.15) is 0 Å². The predicted molar refractivity (Wildman–Crippen MR) is 243 cm³/mol. The van der Waals surface area contributed by atoms with E-state index < -0.39 is 0 Å². The summed E-state index contributed by atoms with van der Waals surface area (Å²) in [6.07, 6.45) is 9.08. The second-order valence-corrected chi connectivity index (χ2v) is 15.7. The Bertz CT molecular complexity index is 3500. The third-order valence-electron chi connectivity index (χ3n) is 12.7. The van der Waals surface area contributed by atoms with Crippen molar-refractivity contribution in [1.29, 1.82) is 0 Å². The molecule has 8 aromatic carbocycles. The molecule has 0 saturated carbocycles. The van der Waals surface area contributed by atoms with E-state index in [9.17, 15) is 0 Å². The smallest absolute Gasteiger partial charge is 0.0629 e. The molecule has 4 heteroatoms. The van der Waals surface area contributed by atoms with Crippen LogP contribution in [0.25, 0.3) is 82.5 Å². The number of para-hydroxylation sites is 5. The molecule has 0 fully saturated rings.